The molecule has 0 radical (unpaired) electrons. The van der Waals surface area contributed by atoms with Crippen molar-refractivity contribution in [2.75, 3.05) is 24.6 Å². The number of anilines is 1. The Balaban J connectivity index is 1.69. The lowest BCUT2D eigenvalue weighted by atomic mass is 10.0. The first-order valence-corrected chi connectivity index (χ1v) is 8.84. The molecule has 1 fully saturated rings. The summed E-state index contributed by atoms with van der Waals surface area (Å²) in [4.78, 5) is 11.4. The fourth-order valence-corrected chi connectivity index (χ4v) is 3.57. The molecule has 1 saturated heterocycles. The molecule has 0 aliphatic carbocycles. The van der Waals surface area contributed by atoms with Crippen molar-refractivity contribution in [3.8, 4) is 0 Å². The van der Waals surface area contributed by atoms with E-state index in [9.17, 15) is 0 Å². The Morgan fingerprint density at radius 2 is 2.08 bits per heavy atom. The Labute approximate surface area is 149 Å². The van der Waals surface area contributed by atoms with Gasteiger partial charge in [0, 0.05) is 30.0 Å². The van der Waals surface area contributed by atoms with E-state index in [-0.39, 0.29) is 6.10 Å². The van der Waals surface area contributed by atoms with Gasteiger partial charge < -0.3 is 9.64 Å². The first kappa shape index (κ1) is 15.5. The first-order chi connectivity index (χ1) is 11.7. The summed E-state index contributed by atoms with van der Waals surface area (Å²) in [7, 11) is 0. The summed E-state index contributed by atoms with van der Waals surface area (Å²) < 4.78 is 6.99. The molecule has 2 aromatic heterocycles. The number of pyridine rings is 2. The predicted octanol–water partition coefficient (Wildman–Crippen LogP) is 4.28. The monoisotopic (exact) mass is 383 g/mol. The maximum absolute atomic E-state index is 6.04. The molecule has 122 valence electrons. The van der Waals surface area contributed by atoms with Crippen LogP contribution in [0.3, 0.4) is 0 Å². The van der Waals surface area contributed by atoms with E-state index in [0.29, 0.717) is 6.61 Å². The van der Waals surface area contributed by atoms with Crippen LogP contribution < -0.4 is 4.90 Å². The van der Waals surface area contributed by atoms with Gasteiger partial charge in [-0.1, -0.05) is 24.3 Å². The van der Waals surface area contributed by atoms with E-state index in [1.807, 2.05) is 24.5 Å². The fraction of sp³-hybridized carbons (Fsp3) is 0.263. The van der Waals surface area contributed by atoms with Crippen molar-refractivity contribution in [3.63, 3.8) is 0 Å². The fourth-order valence-electron chi connectivity index (χ4n) is 3.25. The van der Waals surface area contributed by atoms with E-state index in [0.717, 1.165) is 34.3 Å². The van der Waals surface area contributed by atoms with Crippen molar-refractivity contribution >= 4 is 32.7 Å². The van der Waals surface area contributed by atoms with Crippen molar-refractivity contribution in [1.29, 1.82) is 0 Å². The minimum Gasteiger partial charge on any atom is -0.370 e. The molecule has 1 aliphatic rings. The van der Waals surface area contributed by atoms with Crippen molar-refractivity contribution in [1.82, 2.24) is 9.97 Å². The van der Waals surface area contributed by atoms with Gasteiger partial charge in [0.2, 0.25) is 0 Å². The number of nitrogens with zero attached hydrogens (tertiary/aromatic N) is 3. The van der Waals surface area contributed by atoms with E-state index >= 15 is 0 Å². The highest BCUT2D eigenvalue weighted by atomic mass is 79.9. The van der Waals surface area contributed by atoms with Crippen LogP contribution in [0, 0.1) is 6.92 Å². The number of rotatable bonds is 2. The number of aromatic nitrogens is 2. The van der Waals surface area contributed by atoms with Gasteiger partial charge in [0.25, 0.3) is 0 Å². The largest absolute Gasteiger partial charge is 0.370 e. The molecule has 0 saturated carbocycles. The van der Waals surface area contributed by atoms with Gasteiger partial charge in [0.15, 0.2) is 0 Å². The molecule has 1 atom stereocenters. The average molecular weight is 384 g/mol. The number of hydrogen-bond acceptors (Lipinski definition) is 4. The molecule has 0 amide bonds. The van der Waals surface area contributed by atoms with Gasteiger partial charge in [0.1, 0.15) is 11.6 Å². The zero-order valence-electron chi connectivity index (χ0n) is 13.4. The molecule has 0 bridgehead atoms. The van der Waals surface area contributed by atoms with Crippen LogP contribution in [0.4, 0.5) is 5.69 Å². The van der Waals surface area contributed by atoms with Crippen LogP contribution in [0.15, 0.2) is 53.3 Å². The minimum atomic E-state index is 0.0820. The van der Waals surface area contributed by atoms with Gasteiger partial charge in [-0.3, -0.25) is 9.97 Å². The highest BCUT2D eigenvalue weighted by molar-refractivity contribution is 9.10. The second-order valence-corrected chi connectivity index (χ2v) is 6.93. The zero-order chi connectivity index (χ0) is 16.5. The SMILES string of the molecule is Cc1ccccc1C1CN(c2ccnc3cc(Br)cnc23)CCO1. The summed E-state index contributed by atoms with van der Waals surface area (Å²) >= 11 is 3.46. The average Bonchev–Trinajstić information content (AvgIpc) is 2.61. The highest BCUT2D eigenvalue weighted by Crippen LogP contribution is 2.31. The number of hydrogen-bond donors (Lipinski definition) is 0. The molecule has 1 unspecified atom stereocenters. The van der Waals surface area contributed by atoms with Crippen molar-refractivity contribution < 1.29 is 4.74 Å². The number of morpholine rings is 1. The third kappa shape index (κ3) is 2.89. The van der Waals surface area contributed by atoms with Gasteiger partial charge in [0.05, 0.1) is 17.8 Å². The van der Waals surface area contributed by atoms with Crippen molar-refractivity contribution in [2.24, 2.45) is 0 Å². The van der Waals surface area contributed by atoms with Gasteiger partial charge in [-0.2, -0.15) is 0 Å². The molecule has 3 heterocycles. The van der Waals surface area contributed by atoms with Crippen LogP contribution in [0.5, 0.6) is 0 Å². The normalized spacial score (nSPS) is 18.1. The van der Waals surface area contributed by atoms with Gasteiger partial charge >= 0.3 is 0 Å². The molecule has 5 heteroatoms. The molecule has 0 N–H and O–H groups in total. The molecule has 3 aromatic rings. The highest BCUT2D eigenvalue weighted by Gasteiger charge is 2.24. The van der Waals surface area contributed by atoms with Crippen LogP contribution in [0.1, 0.15) is 17.2 Å². The summed E-state index contributed by atoms with van der Waals surface area (Å²) in [6, 6.07) is 12.5. The summed E-state index contributed by atoms with van der Waals surface area (Å²) in [6.07, 6.45) is 3.76. The Kier molecular flexibility index (Phi) is 4.21. The van der Waals surface area contributed by atoms with Crippen LogP contribution in [-0.2, 0) is 4.74 Å². The first-order valence-electron chi connectivity index (χ1n) is 8.05. The predicted molar refractivity (Wildman–Crippen MR) is 99.3 cm³/mol. The number of ether oxygens (including phenoxy) is 1. The van der Waals surface area contributed by atoms with E-state index in [1.165, 1.54) is 11.1 Å². The summed E-state index contributed by atoms with van der Waals surface area (Å²) in [5.74, 6) is 0. The van der Waals surface area contributed by atoms with Crippen LogP contribution in [-0.4, -0.2) is 29.7 Å². The smallest absolute Gasteiger partial charge is 0.112 e. The number of fused-ring (bicyclic) bond motifs is 1. The van der Waals surface area contributed by atoms with Gasteiger partial charge in [-0.15, -0.1) is 0 Å². The van der Waals surface area contributed by atoms with Crippen molar-refractivity contribution in [2.45, 2.75) is 13.0 Å². The summed E-state index contributed by atoms with van der Waals surface area (Å²) in [5.41, 5.74) is 5.49. The van der Waals surface area contributed by atoms with E-state index < -0.39 is 0 Å². The van der Waals surface area contributed by atoms with E-state index in [1.54, 1.807) is 0 Å². The van der Waals surface area contributed by atoms with E-state index in [4.69, 9.17) is 4.74 Å². The number of benzene rings is 1. The maximum Gasteiger partial charge on any atom is 0.112 e. The molecule has 24 heavy (non-hydrogen) atoms. The third-order valence-electron chi connectivity index (χ3n) is 4.47. The van der Waals surface area contributed by atoms with Crippen LogP contribution in [0.25, 0.3) is 11.0 Å². The molecule has 0 spiro atoms. The number of aryl methyl sites for hydroxylation is 1. The second-order valence-electron chi connectivity index (χ2n) is 6.01. The Hall–Kier alpha value is -1.98. The maximum atomic E-state index is 6.04. The Morgan fingerprint density at radius 1 is 1.21 bits per heavy atom. The standard InChI is InChI=1S/C19H18BrN3O/c1-13-4-2-3-5-15(13)18-12-23(8-9-24-18)17-6-7-21-16-10-14(20)11-22-19(16)17/h2-7,10-11,18H,8-9,12H2,1H3. The second kappa shape index (κ2) is 6.49. The lowest BCUT2D eigenvalue weighted by Crippen LogP contribution is -2.38. The third-order valence-corrected chi connectivity index (χ3v) is 4.90. The molecule has 1 aliphatic heterocycles. The van der Waals surface area contributed by atoms with Crippen LogP contribution >= 0.6 is 15.9 Å². The molecule has 4 rings (SSSR count). The lowest BCUT2D eigenvalue weighted by molar-refractivity contribution is 0.0395. The van der Waals surface area contributed by atoms with Crippen molar-refractivity contribution in [3.05, 3.63) is 64.4 Å². The number of halogens is 1. The molecule has 1 aromatic carbocycles. The Morgan fingerprint density at radius 3 is 2.96 bits per heavy atom. The Bertz CT molecular complexity index is 883. The quantitative estimate of drug-likeness (QED) is 0.661. The van der Waals surface area contributed by atoms with Crippen LogP contribution in [0.2, 0.25) is 0 Å². The van der Waals surface area contributed by atoms with Gasteiger partial charge in [-0.25, -0.2) is 0 Å². The van der Waals surface area contributed by atoms with Gasteiger partial charge in [-0.05, 0) is 46.1 Å². The molecular weight excluding hydrogens is 366 g/mol. The molecule has 4 nitrogen and oxygen atoms in total. The topological polar surface area (TPSA) is 38.2 Å². The zero-order valence-corrected chi connectivity index (χ0v) is 15.0. The van der Waals surface area contributed by atoms with E-state index in [2.05, 4.69) is 62.0 Å². The summed E-state index contributed by atoms with van der Waals surface area (Å²) in [5, 5.41) is 0. The lowest BCUT2D eigenvalue weighted by Gasteiger charge is -2.35. The summed E-state index contributed by atoms with van der Waals surface area (Å²) in [6.45, 7) is 4.53. The molecular formula is C19H18BrN3O. The minimum absolute atomic E-state index is 0.0820.